The lowest BCUT2D eigenvalue weighted by Crippen LogP contribution is -2.01. The van der Waals surface area contributed by atoms with E-state index in [0.717, 1.165) is 32.9 Å². The third-order valence-corrected chi connectivity index (χ3v) is 8.39. The molecule has 0 radical (unpaired) electrons. The van der Waals surface area contributed by atoms with Gasteiger partial charge in [-0.2, -0.15) is 0 Å². The third kappa shape index (κ3) is 4.08. The van der Waals surface area contributed by atoms with Gasteiger partial charge in [-0.1, -0.05) is 127 Å². The summed E-state index contributed by atoms with van der Waals surface area (Å²) < 4.78 is 116. The van der Waals surface area contributed by atoms with Gasteiger partial charge >= 0.3 is 0 Å². The first-order valence-electron chi connectivity index (χ1n) is 21.0. The van der Waals surface area contributed by atoms with E-state index >= 15 is 0 Å². The van der Waals surface area contributed by atoms with Gasteiger partial charge in [0, 0.05) is 38.2 Å². The number of rotatable bonds is 4. The summed E-state index contributed by atoms with van der Waals surface area (Å²) in [5.41, 5.74) is 2.39. The molecule has 0 saturated heterocycles. The van der Waals surface area contributed by atoms with Gasteiger partial charge in [0.15, 0.2) is 17.5 Å². The molecular formula is C43H25N3O2. The minimum absolute atomic E-state index is 0.0414. The van der Waals surface area contributed by atoms with Gasteiger partial charge in [0.2, 0.25) is 0 Å². The van der Waals surface area contributed by atoms with Crippen LogP contribution in [0.2, 0.25) is 0 Å². The van der Waals surface area contributed by atoms with Crippen molar-refractivity contribution in [1.82, 2.24) is 15.0 Å². The molecule has 48 heavy (non-hydrogen) atoms. The number of hydrogen-bond acceptors (Lipinski definition) is 5. The highest BCUT2D eigenvalue weighted by atomic mass is 16.3. The summed E-state index contributed by atoms with van der Waals surface area (Å²) in [5.74, 6) is -0.734. The first kappa shape index (κ1) is 17.4. The lowest BCUT2D eigenvalue weighted by molar-refractivity contribution is 0.668. The molecule has 0 amide bonds. The van der Waals surface area contributed by atoms with E-state index in [9.17, 15) is 1.37 Å². The lowest BCUT2D eigenvalue weighted by atomic mass is 9.93. The predicted octanol–water partition coefficient (Wildman–Crippen LogP) is 11.5. The molecular weight excluding hydrogens is 590 g/mol. The van der Waals surface area contributed by atoms with Crippen molar-refractivity contribution in [3.05, 3.63) is 151 Å². The maximum atomic E-state index is 9.18. The highest BCUT2D eigenvalue weighted by Gasteiger charge is 2.20. The first-order valence-corrected chi connectivity index (χ1v) is 15.0. The van der Waals surface area contributed by atoms with E-state index in [2.05, 4.69) is 4.98 Å². The second kappa shape index (κ2) is 10.5. The summed E-state index contributed by atoms with van der Waals surface area (Å²) in [5, 5.41) is 2.99. The van der Waals surface area contributed by atoms with Crippen LogP contribution in [0, 0.1) is 0 Å². The Hall–Kier alpha value is -6.59. The van der Waals surface area contributed by atoms with E-state index in [1.165, 1.54) is 0 Å². The monoisotopic (exact) mass is 627 g/mol. The van der Waals surface area contributed by atoms with E-state index in [1.54, 1.807) is 12.1 Å². The quantitative estimate of drug-likeness (QED) is 0.194. The van der Waals surface area contributed by atoms with E-state index in [1.807, 2.05) is 66.7 Å². The van der Waals surface area contributed by atoms with Crippen molar-refractivity contribution >= 4 is 54.6 Å². The van der Waals surface area contributed by atoms with Crippen LogP contribution in [0.1, 0.15) is 16.4 Å². The van der Waals surface area contributed by atoms with E-state index in [0.29, 0.717) is 16.5 Å². The van der Waals surface area contributed by atoms with Crippen molar-refractivity contribution in [3.8, 4) is 45.3 Å². The molecule has 0 saturated carbocycles. The predicted molar refractivity (Wildman–Crippen MR) is 194 cm³/mol. The van der Waals surface area contributed by atoms with Gasteiger partial charge < -0.3 is 8.83 Å². The van der Waals surface area contributed by atoms with Crippen LogP contribution in [0.25, 0.3) is 99.9 Å². The van der Waals surface area contributed by atoms with Crippen LogP contribution in [0.5, 0.6) is 0 Å². The number of hydrogen-bond donors (Lipinski definition) is 0. The summed E-state index contributed by atoms with van der Waals surface area (Å²) in [4.78, 5) is 14.2. The molecule has 224 valence electrons. The molecule has 0 N–H and O–H groups in total. The fourth-order valence-corrected chi connectivity index (χ4v) is 6.35. The average molecular weight is 628 g/mol. The van der Waals surface area contributed by atoms with Gasteiger partial charge in [-0.05, 0) is 46.1 Å². The van der Waals surface area contributed by atoms with Crippen LogP contribution in [0.4, 0.5) is 0 Å². The smallest absolute Gasteiger partial charge is 0.164 e. The fourth-order valence-electron chi connectivity index (χ4n) is 6.35. The van der Waals surface area contributed by atoms with Gasteiger partial charge in [0.05, 0.1) is 16.4 Å². The molecule has 0 aliphatic heterocycles. The van der Waals surface area contributed by atoms with Crippen LogP contribution in [0.15, 0.2) is 160 Å². The fraction of sp³-hybridized carbons (Fsp3) is 0. The van der Waals surface area contributed by atoms with Crippen molar-refractivity contribution in [2.45, 2.75) is 0 Å². The Balaban J connectivity index is 1.32. The summed E-state index contributed by atoms with van der Waals surface area (Å²) in [7, 11) is 0. The summed E-state index contributed by atoms with van der Waals surface area (Å²) in [6.07, 6.45) is 0. The molecule has 0 fully saturated rings. The van der Waals surface area contributed by atoms with E-state index in [-0.39, 0.29) is 50.5 Å². The Morgan fingerprint density at radius 3 is 1.88 bits per heavy atom. The molecule has 7 aromatic carbocycles. The van der Waals surface area contributed by atoms with Gasteiger partial charge in [0.25, 0.3) is 0 Å². The Morgan fingerprint density at radius 2 is 0.979 bits per heavy atom. The number of aromatic nitrogens is 3. The molecule has 0 atom stereocenters. The zero-order valence-electron chi connectivity index (χ0n) is 36.7. The van der Waals surface area contributed by atoms with Crippen molar-refractivity contribution in [2.24, 2.45) is 0 Å². The number of nitrogens with zero attached hydrogens (tertiary/aromatic N) is 3. The van der Waals surface area contributed by atoms with Crippen molar-refractivity contribution in [1.29, 1.82) is 0 Å². The van der Waals surface area contributed by atoms with E-state index < -0.39 is 72.5 Å². The maximum absolute atomic E-state index is 9.18. The standard InChI is InChI=1S/C43H25N3O2/c1-2-12-26(13-3-1)41-44-42(46-43(45-41)34-21-11-25-38-40(34)33-15-5-7-23-36(33)48-38)31-20-9-16-27-28(17-8-18-29(27)31)30-19-10-24-37-39(30)32-14-4-6-22-35(32)47-37/h1-25H/i1D,2D,3D,5D,7D,11D,12D,13D,15D,21D,23D,25D. The topological polar surface area (TPSA) is 65.0 Å². The molecule has 3 aromatic heterocycles. The second-order valence-electron chi connectivity index (χ2n) is 11.0. The van der Waals surface area contributed by atoms with Gasteiger partial charge in [0.1, 0.15) is 22.3 Å². The molecule has 10 rings (SSSR count). The second-order valence-corrected chi connectivity index (χ2v) is 11.0. The largest absolute Gasteiger partial charge is 0.456 e. The normalized spacial score (nSPS) is 15.2. The highest BCUT2D eigenvalue weighted by Crippen LogP contribution is 2.41. The number of furan rings is 2. The SMILES string of the molecule is [2H]c1c([2H])c([2H])c(-c2nc(-c3cccc4c(-c5cccc6oc7ccccc7c56)cccc34)nc(-c3c([2H])c([2H])c([2H])c4oc5c([2H])c([2H])c([2H])c([2H])c5c34)n2)c([2H])c1[2H]. The van der Waals surface area contributed by atoms with Crippen LogP contribution in [-0.4, -0.2) is 15.0 Å². The van der Waals surface area contributed by atoms with Crippen LogP contribution >= 0.6 is 0 Å². The summed E-state index contributed by atoms with van der Waals surface area (Å²) in [6.45, 7) is 0. The molecule has 10 aromatic rings. The molecule has 5 heteroatoms. The third-order valence-electron chi connectivity index (χ3n) is 8.39. The number of para-hydroxylation sites is 2. The minimum Gasteiger partial charge on any atom is -0.456 e. The Kier molecular flexibility index (Phi) is 3.79. The lowest BCUT2D eigenvalue weighted by Gasteiger charge is -2.13. The van der Waals surface area contributed by atoms with Crippen molar-refractivity contribution in [2.75, 3.05) is 0 Å². The summed E-state index contributed by atoms with van der Waals surface area (Å²) >= 11 is 0. The minimum atomic E-state index is -0.641. The van der Waals surface area contributed by atoms with Gasteiger partial charge in [-0.15, -0.1) is 0 Å². The average Bonchev–Trinajstić information content (AvgIpc) is 3.85. The molecule has 0 bridgehead atoms. The molecule has 0 aliphatic carbocycles. The molecule has 3 heterocycles. The molecule has 0 spiro atoms. The zero-order valence-corrected chi connectivity index (χ0v) is 24.7. The zero-order chi connectivity index (χ0) is 42.0. The Labute approximate surface area is 291 Å². The van der Waals surface area contributed by atoms with Crippen LogP contribution in [-0.2, 0) is 0 Å². The van der Waals surface area contributed by atoms with E-state index in [4.69, 9.17) is 33.9 Å². The maximum Gasteiger partial charge on any atom is 0.164 e. The Bertz CT molecular complexity index is 3520. The van der Waals surface area contributed by atoms with Gasteiger partial charge in [-0.25, -0.2) is 15.0 Å². The Morgan fingerprint density at radius 1 is 0.375 bits per heavy atom. The number of benzene rings is 7. The highest BCUT2D eigenvalue weighted by molar-refractivity contribution is 6.16. The molecule has 0 unspecified atom stereocenters. The van der Waals surface area contributed by atoms with Crippen LogP contribution < -0.4 is 0 Å². The summed E-state index contributed by atoms with van der Waals surface area (Å²) in [6, 6.07) is 17.6. The van der Waals surface area contributed by atoms with Gasteiger partial charge in [-0.3, -0.25) is 0 Å². The first-order chi connectivity index (χ1) is 28.8. The van der Waals surface area contributed by atoms with Crippen molar-refractivity contribution < 1.29 is 25.3 Å². The van der Waals surface area contributed by atoms with Crippen molar-refractivity contribution in [3.63, 3.8) is 0 Å². The molecule has 5 nitrogen and oxygen atoms in total. The van der Waals surface area contributed by atoms with Crippen LogP contribution in [0.3, 0.4) is 0 Å². The molecule has 0 aliphatic rings. The number of fused-ring (bicyclic) bond motifs is 7.